The van der Waals surface area contributed by atoms with E-state index >= 15 is 0 Å². The van der Waals surface area contributed by atoms with Gasteiger partial charge in [0.05, 0.1) is 11.3 Å². The largest absolute Gasteiger partial charge is 0.486 e. The lowest BCUT2D eigenvalue weighted by Gasteiger charge is -2.44. The number of carbonyl (C=O) groups excluding carboxylic acids is 2. The molecule has 2 aliphatic rings. The van der Waals surface area contributed by atoms with Crippen molar-refractivity contribution in [3.8, 4) is 5.75 Å². The third-order valence-electron chi connectivity index (χ3n) is 6.93. The molecule has 8 heteroatoms. The number of benzene rings is 3. The molecule has 194 valence electrons. The van der Waals surface area contributed by atoms with Crippen LogP contribution in [0.5, 0.6) is 5.75 Å². The third kappa shape index (κ3) is 5.99. The molecule has 0 aliphatic carbocycles. The molecule has 5 rings (SSSR count). The molecule has 3 aromatic carbocycles. The normalized spacial score (nSPS) is 17.7. The molecular weight excluding hydrogens is 482 g/mol. The monoisotopic (exact) mass is 511 g/mol. The fourth-order valence-electron chi connectivity index (χ4n) is 4.89. The Kier molecular flexibility index (Phi) is 7.62. The first-order chi connectivity index (χ1) is 18.5. The van der Waals surface area contributed by atoms with E-state index in [0.29, 0.717) is 34.6 Å². The van der Waals surface area contributed by atoms with Gasteiger partial charge < -0.3 is 9.57 Å². The number of nitrogens with one attached hydrogen (secondary N) is 1. The summed E-state index contributed by atoms with van der Waals surface area (Å²) in [5.74, 6) is -0.509. The van der Waals surface area contributed by atoms with Gasteiger partial charge in [-0.3, -0.25) is 14.9 Å². The number of piperidine rings is 1. The van der Waals surface area contributed by atoms with Crippen LogP contribution in [0.1, 0.15) is 46.3 Å². The number of nitrogens with zero attached hydrogens (tertiary/aromatic N) is 2. The number of fused-ring (bicyclic) bond motifs is 1. The summed E-state index contributed by atoms with van der Waals surface area (Å²) in [6.07, 6.45) is 4.91. The highest BCUT2D eigenvalue weighted by molar-refractivity contribution is 6.05. The van der Waals surface area contributed by atoms with Crippen LogP contribution < -0.4 is 10.2 Å². The number of ether oxygens (including phenoxy) is 1. The Hall–Kier alpha value is -4.27. The maximum Gasteiger partial charge on any atom is 0.365 e. The molecule has 2 aliphatic heterocycles. The van der Waals surface area contributed by atoms with Gasteiger partial charge in [-0.25, -0.2) is 10.3 Å². The van der Waals surface area contributed by atoms with Crippen LogP contribution in [-0.4, -0.2) is 46.4 Å². The molecule has 1 spiro atoms. The fourth-order valence-corrected chi connectivity index (χ4v) is 4.89. The first-order valence-corrected chi connectivity index (χ1v) is 12.6. The van der Waals surface area contributed by atoms with Crippen LogP contribution in [-0.2, 0) is 16.2 Å². The minimum Gasteiger partial charge on any atom is -0.486 e. The number of oxime groups is 1. The minimum atomic E-state index is -0.633. The zero-order valence-corrected chi connectivity index (χ0v) is 20.9. The quantitative estimate of drug-likeness (QED) is 0.217. The number of likely N-dealkylation sites (tertiary alicyclic amines) is 1. The van der Waals surface area contributed by atoms with Crippen molar-refractivity contribution in [3.05, 3.63) is 107 Å². The highest BCUT2D eigenvalue weighted by Crippen LogP contribution is 2.40. The molecule has 3 aromatic rings. The van der Waals surface area contributed by atoms with Gasteiger partial charge in [-0.15, -0.1) is 0 Å². The molecule has 0 radical (unpaired) electrons. The van der Waals surface area contributed by atoms with Gasteiger partial charge in [-0.2, -0.15) is 0 Å². The molecule has 0 atom stereocenters. The lowest BCUT2D eigenvalue weighted by Crippen LogP contribution is -2.50. The molecule has 0 bridgehead atoms. The summed E-state index contributed by atoms with van der Waals surface area (Å²) in [5.41, 5.74) is 4.86. The smallest absolute Gasteiger partial charge is 0.365 e. The third-order valence-corrected chi connectivity index (χ3v) is 6.93. The Morgan fingerprint density at radius 2 is 1.74 bits per heavy atom. The van der Waals surface area contributed by atoms with E-state index in [1.54, 1.807) is 35.8 Å². The van der Waals surface area contributed by atoms with E-state index in [2.05, 4.69) is 34.3 Å². The topological polar surface area (TPSA) is 100 Å². The standard InChI is InChI=1S/C30H29N3O5/c34-28(31-36)14-12-22-11-13-27-25(19-22)26(32-38-29(35)24-9-5-2-6-10-24)20-30(37-27)15-17-33(18-16-30)21-23-7-3-1-4-8-23/h1-14,19,36H,15-18,20-21H2,(H,31,34)/b14-12+,32-26?. The highest BCUT2D eigenvalue weighted by Gasteiger charge is 2.42. The molecule has 1 saturated heterocycles. The van der Waals surface area contributed by atoms with E-state index in [0.717, 1.165) is 32.5 Å². The van der Waals surface area contributed by atoms with Crippen LogP contribution in [0, 0.1) is 0 Å². The number of amides is 1. The van der Waals surface area contributed by atoms with Crippen molar-refractivity contribution >= 4 is 23.7 Å². The summed E-state index contributed by atoms with van der Waals surface area (Å²) in [6, 6.07) is 24.7. The average Bonchev–Trinajstić information content (AvgIpc) is 2.97. The Balaban J connectivity index is 1.38. The molecule has 0 unspecified atom stereocenters. The number of hydrogen-bond acceptors (Lipinski definition) is 7. The van der Waals surface area contributed by atoms with Gasteiger partial charge in [0.1, 0.15) is 11.4 Å². The van der Waals surface area contributed by atoms with Crippen LogP contribution >= 0.6 is 0 Å². The zero-order chi connectivity index (χ0) is 26.4. The summed E-state index contributed by atoms with van der Waals surface area (Å²) >= 11 is 0. The number of hydrogen-bond donors (Lipinski definition) is 2. The molecular formula is C30H29N3O5. The van der Waals surface area contributed by atoms with E-state index in [1.807, 2.05) is 30.3 Å². The molecule has 2 heterocycles. The SMILES string of the molecule is O=C(/C=C/c1ccc2c(c1)C(=NOC(=O)c1ccccc1)CC1(CCN(Cc3ccccc3)CC1)O2)NO. The lowest BCUT2D eigenvalue weighted by molar-refractivity contribution is -0.124. The van der Waals surface area contributed by atoms with Crippen molar-refractivity contribution in [2.24, 2.45) is 5.16 Å². The van der Waals surface area contributed by atoms with Crippen molar-refractivity contribution in [1.29, 1.82) is 0 Å². The Morgan fingerprint density at radius 3 is 2.45 bits per heavy atom. The van der Waals surface area contributed by atoms with E-state index in [1.165, 1.54) is 11.6 Å². The molecule has 1 amide bonds. The van der Waals surface area contributed by atoms with Crippen LogP contribution in [0.4, 0.5) is 0 Å². The first kappa shape index (κ1) is 25.4. The van der Waals surface area contributed by atoms with E-state index < -0.39 is 17.5 Å². The van der Waals surface area contributed by atoms with Gasteiger partial charge >= 0.3 is 5.97 Å². The summed E-state index contributed by atoms with van der Waals surface area (Å²) in [5, 5.41) is 13.1. The van der Waals surface area contributed by atoms with Gasteiger partial charge in [0.2, 0.25) is 0 Å². The maximum atomic E-state index is 12.6. The molecule has 0 saturated carbocycles. The number of hydroxylamine groups is 1. The van der Waals surface area contributed by atoms with Gasteiger partial charge in [0.15, 0.2) is 0 Å². The summed E-state index contributed by atoms with van der Waals surface area (Å²) in [7, 11) is 0. The predicted molar refractivity (Wildman–Crippen MR) is 143 cm³/mol. The van der Waals surface area contributed by atoms with Crippen LogP contribution in [0.15, 0.2) is 90.1 Å². The van der Waals surface area contributed by atoms with E-state index in [-0.39, 0.29) is 0 Å². The van der Waals surface area contributed by atoms with Crippen LogP contribution in [0.3, 0.4) is 0 Å². The zero-order valence-electron chi connectivity index (χ0n) is 20.9. The summed E-state index contributed by atoms with van der Waals surface area (Å²) in [6.45, 7) is 2.64. The molecule has 0 aromatic heterocycles. The highest BCUT2D eigenvalue weighted by atomic mass is 16.7. The molecule has 2 N–H and O–H groups in total. The molecule has 1 fully saturated rings. The Morgan fingerprint density at radius 1 is 1.03 bits per heavy atom. The van der Waals surface area contributed by atoms with Gasteiger partial charge in [0, 0.05) is 50.5 Å². The fraction of sp³-hybridized carbons (Fsp3) is 0.233. The Bertz CT molecular complexity index is 1350. The first-order valence-electron chi connectivity index (χ1n) is 12.6. The molecule has 38 heavy (non-hydrogen) atoms. The predicted octanol–water partition coefficient (Wildman–Crippen LogP) is 4.58. The average molecular weight is 512 g/mol. The van der Waals surface area contributed by atoms with Crippen molar-refractivity contribution in [2.45, 2.75) is 31.4 Å². The number of rotatable bonds is 6. The van der Waals surface area contributed by atoms with Gasteiger partial charge in [-0.1, -0.05) is 59.8 Å². The van der Waals surface area contributed by atoms with Crippen molar-refractivity contribution in [1.82, 2.24) is 10.4 Å². The van der Waals surface area contributed by atoms with Gasteiger partial charge in [-0.05, 0) is 41.5 Å². The minimum absolute atomic E-state index is 0.416. The Labute approximate surface area is 221 Å². The summed E-state index contributed by atoms with van der Waals surface area (Å²) in [4.78, 5) is 31.9. The van der Waals surface area contributed by atoms with Crippen molar-refractivity contribution in [3.63, 3.8) is 0 Å². The molecule has 8 nitrogen and oxygen atoms in total. The van der Waals surface area contributed by atoms with Crippen molar-refractivity contribution < 1.29 is 24.4 Å². The van der Waals surface area contributed by atoms with E-state index in [4.69, 9.17) is 14.8 Å². The van der Waals surface area contributed by atoms with Crippen molar-refractivity contribution in [2.75, 3.05) is 13.1 Å². The second kappa shape index (κ2) is 11.4. The second-order valence-electron chi connectivity index (χ2n) is 9.57. The van der Waals surface area contributed by atoms with Crippen LogP contribution in [0.2, 0.25) is 0 Å². The summed E-state index contributed by atoms with van der Waals surface area (Å²) < 4.78 is 6.59. The lowest BCUT2D eigenvalue weighted by atomic mass is 9.81. The maximum absolute atomic E-state index is 12.6. The van der Waals surface area contributed by atoms with Gasteiger partial charge in [0.25, 0.3) is 5.91 Å². The number of carbonyl (C=O) groups is 2. The van der Waals surface area contributed by atoms with Crippen LogP contribution in [0.25, 0.3) is 6.08 Å². The second-order valence-corrected chi connectivity index (χ2v) is 9.57. The van der Waals surface area contributed by atoms with E-state index in [9.17, 15) is 9.59 Å².